The highest BCUT2D eigenvalue weighted by atomic mass is 31.2. The Labute approximate surface area is 65.7 Å². The van der Waals surface area contributed by atoms with Crippen LogP contribution < -0.4 is 0 Å². The second kappa shape index (κ2) is 4.52. The molecule has 0 saturated carbocycles. The third-order valence-electron chi connectivity index (χ3n) is 1.39. The summed E-state index contributed by atoms with van der Waals surface area (Å²) in [4.78, 5) is 19.0. The molecule has 0 aliphatic heterocycles. The number of carboxylic acids is 1. The second-order valence-electron chi connectivity index (χ2n) is 2.38. The zero-order valence-corrected chi connectivity index (χ0v) is 7.38. The van der Waals surface area contributed by atoms with Crippen molar-refractivity contribution >= 4 is 13.3 Å². The Hall–Kier alpha value is -0.340. The third kappa shape index (κ3) is 6.07. The van der Waals surface area contributed by atoms with E-state index in [0.717, 1.165) is 0 Å². The molecule has 0 heterocycles. The quantitative estimate of drug-likeness (QED) is 0.622. The van der Waals surface area contributed by atoms with E-state index in [1.807, 2.05) is 0 Å². The average Bonchev–Trinajstić information content (AvgIpc) is 1.87. The number of carboxylic acid groups (broad SMARTS) is 1. The first-order chi connectivity index (χ1) is 4.98. The largest absolute Gasteiger partial charge is 0.481 e. The Bertz CT molecular complexity index is 177. The predicted octanol–water partition coefficient (Wildman–Crippen LogP) is 1.14. The molecule has 11 heavy (non-hydrogen) atoms. The van der Waals surface area contributed by atoms with Crippen LogP contribution in [0.25, 0.3) is 0 Å². The van der Waals surface area contributed by atoms with Gasteiger partial charge in [-0.3, -0.25) is 9.36 Å². The van der Waals surface area contributed by atoms with E-state index in [4.69, 9.17) is 10.00 Å². The van der Waals surface area contributed by atoms with Gasteiger partial charge in [0.15, 0.2) is 7.37 Å². The second-order valence-corrected chi connectivity index (χ2v) is 5.16. The summed E-state index contributed by atoms with van der Waals surface area (Å²) in [6.45, 7) is 1.63. The Morgan fingerprint density at radius 3 is 2.45 bits per heavy atom. The highest BCUT2D eigenvalue weighted by molar-refractivity contribution is 7.57. The predicted molar refractivity (Wildman–Crippen MR) is 42.1 cm³/mol. The molecule has 0 rings (SSSR count). The van der Waals surface area contributed by atoms with Gasteiger partial charge >= 0.3 is 5.97 Å². The summed E-state index contributed by atoms with van der Waals surface area (Å²) in [5.74, 6) is -0.916. The van der Waals surface area contributed by atoms with Gasteiger partial charge in [-0.25, -0.2) is 0 Å². The van der Waals surface area contributed by atoms with Gasteiger partial charge in [0.2, 0.25) is 0 Å². The van der Waals surface area contributed by atoms with Gasteiger partial charge in [0.05, 0.1) is 0 Å². The van der Waals surface area contributed by atoms with Crippen LogP contribution in [0.15, 0.2) is 0 Å². The van der Waals surface area contributed by atoms with E-state index in [0.29, 0.717) is 0 Å². The van der Waals surface area contributed by atoms with Crippen molar-refractivity contribution in [3.05, 3.63) is 0 Å². The number of carbonyl (C=O) groups is 1. The normalized spacial score (nSPS) is 15.8. The lowest BCUT2D eigenvalue weighted by Gasteiger charge is -2.06. The van der Waals surface area contributed by atoms with Gasteiger partial charge in [0.1, 0.15) is 0 Å². The lowest BCUT2D eigenvalue weighted by atomic mass is 10.3. The van der Waals surface area contributed by atoms with Crippen molar-refractivity contribution in [3.8, 4) is 0 Å². The van der Waals surface area contributed by atoms with Crippen LogP contribution in [0.5, 0.6) is 0 Å². The molecule has 4 nitrogen and oxygen atoms in total. The molecule has 0 fully saturated rings. The van der Waals surface area contributed by atoms with Gasteiger partial charge in [-0.1, -0.05) is 6.92 Å². The molecule has 0 saturated heterocycles. The van der Waals surface area contributed by atoms with Crippen LogP contribution in [0.4, 0.5) is 0 Å². The molecule has 1 unspecified atom stereocenters. The van der Waals surface area contributed by atoms with Crippen molar-refractivity contribution in [3.63, 3.8) is 0 Å². The number of aliphatic carboxylic acids is 1. The molecule has 0 bridgehead atoms. The van der Waals surface area contributed by atoms with Gasteiger partial charge in [-0.15, -0.1) is 0 Å². The standard InChI is InChI=1S/C6H13O4P/c1-2-11(9,10)5-3-4-6(7)8/h2-5H2,1H3,(H,7,8)(H,9,10). The highest BCUT2D eigenvalue weighted by Gasteiger charge is 2.14. The van der Waals surface area contributed by atoms with E-state index in [1.54, 1.807) is 6.92 Å². The maximum atomic E-state index is 10.9. The van der Waals surface area contributed by atoms with E-state index in [2.05, 4.69) is 0 Å². The van der Waals surface area contributed by atoms with Gasteiger partial charge in [-0.2, -0.15) is 0 Å². The van der Waals surface area contributed by atoms with Gasteiger partial charge < -0.3 is 10.00 Å². The van der Waals surface area contributed by atoms with Crippen molar-refractivity contribution in [2.45, 2.75) is 19.8 Å². The first kappa shape index (κ1) is 10.7. The maximum Gasteiger partial charge on any atom is 0.303 e. The topological polar surface area (TPSA) is 74.6 Å². The Morgan fingerprint density at radius 1 is 1.55 bits per heavy atom. The molecule has 0 aliphatic rings. The Morgan fingerprint density at radius 2 is 2.09 bits per heavy atom. The zero-order chi connectivity index (χ0) is 8.91. The summed E-state index contributed by atoms with van der Waals surface area (Å²) in [6, 6.07) is 0. The summed E-state index contributed by atoms with van der Waals surface area (Å²) < 4.78 is 10.9. The minimum Gasteiger partial charge on any atom is -0.481 e. The minimum atomic E-state index is -2.99. The van der Waals surface area contributed by atoms with Crippen LogP contribution in [-0.4, -0.2) is 28.3 Å². The zero-order valence-electron chi connectivity index (χ0n) is 6.49. The van der Waals surface area contributed by atoms with Crippen LogP contribution >= 0.6 is 7.37 Å². The number of hydrogen-bond donors (Lipinski definition) is 2. The van der Waals surface area contributed by atoms with Gasteiger partial charge in [0, 0.05) is 18.7 Å². The summed E-state index contributed by atoms with van der Waals surface area (Å²) >= 11 is 0. The molecule has 0 aromatic rings. The monoisotopic (exact) mass is 180 g/mol. The fourth-order valence-corrected chi connectivity index (χ4v) is 1.60. The van der Waals surface area contributed by atoms with Crippen molar-refractivity contribution in [2.24, 2.45) is 0 Å². The number of rotatable bonds is 5. The Kier molecular flexibility index (Phi) is 4.38. The van der Waals surface area contributed by atoms with Crippen molar-refractivity contribution in [2.75, 3.05) is 12.3 Å². The molecule has 0 aromatic heterocycles. The maximum absolute atomic E-state index is 10.9. The molecular formula is C6H13O4P. The lowest BCUT2D eigenvalue weighted by Crippen LogP contribution is -1.98. The molecule has 0 aromatic carbocycles. The van der Waals surface area contributed by atoms with Crippen molar-refractivity contribution < 1.29 is 19.4 Å². The fourth-order valence-electron chi connectivity index (χ4n) is 0.635. The van der Waals surface area contributed by atoms with Crippen molar-refractivity contribution in [1.82, 2.24) is 0 Å². The molecule has 66 valence electrons. The molecule has 0 amide bonds. The Balaban J connectivity index is 3.54. The molecule has 1 atom stereocenters. The van der Waals surface area contributed by atoms with Crippen LogP contribution in [0, 0.1) is 0 Å². The van der Waals surface area contributed by atoms with Gasteiger partial charge in [0.25, 0.3) is 0 Å². The van der Waals surface area contributed by atoms with Crippen LogP contribution in [0.1, 0.15) is 19.8 Å². The van der Waals surface area contributed by atoms with Crippen LogP contribution in [0.2, 0.25) is 0 Å². The van der Waals surface area contributed by atoms with E-state index in [1.165, 1.54) is 0 Å². The number of hydrogen-bond acceptors (Lipinski definition) is 2. The summed E-state index contributed by atoms with van der Waals surface area (Å²) in [6.07, 6.45) is 0.615. The first-order valence-electron chi connectivity index (χ1n) is 3.50. The molecule has 2 N–H and O–H groups in total. The highest BCUT2D eigenvalue weighted by Crippen LogP contribution is 2.40. The van der Waals surface area contributed by atoms with Crippen molar-refractivity contribution in [1.29, 1.82) is 0 Å². The average molecular weight is 180 g/mol. The summed E-state index contributed by atoms with van der Waals surface area (Å²) in [7, 11) is -2.99. The fraction of sp³-hybridized carbons (Fsp3) is 0.833. The van der Waals surface area contributed by atoms with Crippen LogP contribution in [-0.2, 0) is 9.36 Å². The lowest BCUT2D eigenvalue weighted by molar-refractivity contribution is -0.137. The summed E-state index contributed by atoms with van der Waals surface area (Å²) in [5.41, 5.74) is 0. The first-order valence-corrected chi connectivity index (χ1v) is 5.53. The molecule has 0 spiro atoms. The minimum absolute atomic E-state index is 0.0233. The van der Waals surface area contributed by atoms with E-state index < -0.39 is 13.3 Å². The smallest absolute Gasteiger partial charge is 0.303 e. The third-order valence-corrected chi connectivity index (χ3v) is 3.40. The van der Waals surface area contributed by atoms with E-state index in [-0.39, 0.29) is 25.2 Å². The molecule has 0 aliphatic carbocycles. The summed E-state index contributed by atoms with van der Waals surface area (Å²) in [5, 5.41) is 8.21. The SMILES string of the molecule is CCP(=O)(O)CCCC(=O)O. The van der Waals surface area contributed by atoms with E-state index in [9.17, 15) is 9.36 Å². The van der Waals surface area contributed by atoms with E-state index >= 15 is 0 Å². The molecule has 5 heteroatoms. The molecule has 0 radical (unpaired) electrons. The van der Waals surface area contributed by atoms with Gasteiger partial charge in [-0.05, 0) is 6.42 Å². The molecular weight excluding hydrogens is 167 g/mol. The van der Waals surface area contributed by atoms with Crippen LogP contribution in [0.3, 0.4) is 0 Å².